The van der Waals surface area contributed by atoms with Crippen LogP contribution in [0.3, 0.4) is 0 Å². The molecule has 0 aliphatic heterocycles. The Bertz CT molecular complexity index is 929. The van der Waals surface area contributed by atoms with Gasteiger partial charge >= 0.3 is 0 Å². The quantitative estimate of drug-likeness (QED) is 0.550. The number of carbonyl (C=O) groups is 1. The predicted octanol–water partition coefficient (Wildman–Crippen LogP) is 3.00. The van der Waals surface area contributed by atoms with E-state index in [-0.39, 0.29) is 5.91 Å². The largest absolute Gasteiger partial charge is 0.497 e. The highest BCUT2D eigenvalue weighted by Crippen LogP contribution is 2.25. The van der Waals surface area contributed by atoms with Gasteiger partial charge in [-0.25, -0.2) is 8.42 Å². The maximum Gasteiger partial charge on any atom is 0.243 e. The first kappa shape index (κ1) is 23.5. The summed E-state index contributed by atoms with van der Waals surface area (Å²) in [6.07, 6.45) is 2.91. The van der Waals surface area contributed by atoms with E-state index >= 15 is 0 Å². The summed E-state index contributed by atoms with van der Waals surface area (Å²) in [4.78, 5) is 12.8. The average Bonchev–Trinajstić information content (AvgIpc) is 2.74. The number of hydrogen-bond acceptors (Lipinski definition) is 5. The van der Waals surface area contributed by atoms with E-state index in [4.69, 9.17) is 9.47 Å². The second-order valence-corrected chi connectivity index (χ2v) is 8.75. The molecule has 0 saturated heterocycles. The fraction of sp³-hybridized carbons (Fsp3) is 0.409. The van der Waals surface area contributed by atoms with Gasteiger partial charge in [0.15, 0.2) is 0 Å². The highest BCUT2D eigenvalue weighted by Gasteiger charge is 2.31. The van der Waals surface area contributed by atoms with E-state index in [1.165, 1.54) is 11.4 Å². The van der Waals surface area contributed by atoms with Crippen molar-refractivity contribution in [2.24, 2.45) is 0 Å². The van der Waals surface area contributed by atoms with Crippen LogP contribution in [0.1, 0.15) is 25.3 Å². The number of aryl methyl sites for hydroxylation is 1. The van der Waals surface area contributed by atoms with Gasteiger partial charge in [0.05, 0.1) is 26.2 Å². The Balaban J connectivity index is 2.06. The molecule has 30 heavy (non-hydrogen) atoms. The van der Waals surface area contributed by atoms with Crippen LogP contribution >= 0.6 is 0 Å². The van der Waals surface area contributed by atoms with Crippen molar-refractivity contribution in [3.63, 3.8) is 0 Å². The number of nitrogens with one attached hydrogen (secondary N) is 1. The molecule has 0 radical (unpaired) electrons. The van der Waals surface area contributed by atoms with Crippen molar-refractivity contribution in [3.05, 3.63) is 54.1 Å². The first-order valence-corrected chi connectivity index (χ1v) is 11.7. The Kier molecular flexibility index (Phi) is 8.53. The molecule has 1 N–H and O–H groups in total. The zero-order chi connectivity index (χ0) is 22.1. The Labute approximate surface area is 179 Å². The van der Waals surface area contributed by atoms with Gasteiger partial charge in [-0.2, -0.15) is 0 Å². The van der Waals surface area contributed by atoms with Gasteiger partial charge in [0.1, 0.15) is 17.5 Å². The van der Waals surface area contributed by atoms with Crippen LogP contribution in [-0.2, 0) is 21.2 Å². The van der Waals surface area contributed by atoms with Gasteiger partial charge in [0.25, 0.3) is 0 Å². The molecule has 0 fully saturated rings. The molecular formula is C22H30N2O5S. The number of methoxy groups -OCH3 is 2. The van der Waals surface area contributed by atoms with Crippen molar-refractivity contribution in [1.82, 2.24) is 5.32 Å². The molecule has 0 aliphatic rings. The van der Waals surface area contributed by atoms with Crippen LogP contribution in [0.25, 0.3) is 0 Å². The lowest BCUT2D eigenvalue weighted by molar-refractivity contribution is -0.122. The number of nitrogens with zero attached hydrogens (tertiary/aromatic N) is 1. The van der Waals surface area contributed by atoms with Crippen LogP contribution < -0.4 is 19.1 Å². The van der Waals surface area contributed by atoms with Crippen LogP contribution in [0.4, 0.5) is 5.69 Å². The third-order valence-electron chi connectivity index (χ3n) is 4.77. The molecule has 164 valence electrons. The first-order chi connectivity index (χ1) is 14.3. The molecule has 0 heterocycles. The van der Waals surface area contributed by atoms with Gasteiger partial charge in [0, 0.05) is 6.54 Å². The highest BCUT2D eigenvalue weighted by atomic mass is 32.2. The molecule has 2 aromatic carbocycles. The maximum atomic E-state index is 12.8. The Morgan fingerprint density at radius 3 is 2.30 bits per heavy atom. The van der Waals surface area contributed by atoms with Crippen molar-refractivity contribution in [2.45, 2.75) is 32.2 Å². The van der Waals surface area contributed by atoms with E-state index in [1.54, 1.807) is 38.3 Å². The summed E-state index contributed by atoms with van der Waals surface area (Å²) in [6.45, 7) is 2.23. The summed E-state index contributed by atoms with van der Waals surface area (Å²) in [7, 11) is -0.493. The monoisotopic (exact) mass is 434 g/mol. The summed E-state index contributed by atoms with van der Waals surface area (Å²) in [6, 6.07) is 13.5. The van der Waals surface area contributed by atoms with E-state index < -0.39 is 16.1 Å². The van der Waals surface area contributed by atoms with E-state index in [2.05, 4.69) is 5.32 Å². The standard InChI is InChI=1S/C22H30N2O5S/c1-5-20(24(30(4,26)27)18-12-14-19(28-2)15-13-18)22(25)23-16-8-10-17-9-6-7-11-21(17)29-3/h6-7,9,11-15,20H,5,8,10,16H2,1-4H3,(H,23,25)/t20-/m0/s1. The van der Waals surface area contributed by atoms with Crippen LogP contribution in [0, 0.1) is 0 Å². The molecule has 8 heteroatoms. The second-order valence-electron chi connectivity index (χ2n) is 6.89. The average molecular weight is 435 g/mol. The lowest BCUT2D eigenvalue weighted by Gasteiger charge is -2.30. The summed E-state index contributed by atoms with van der Waals surface area (Å²) in [5, 5.41) is 2.88. The second kappa shape index (κ2) is 10.9. The van der Waals surface area contributed by atoms with Crippen molar-refractivity contribution in [2.75, 3.05) is 31.3 Å². The highest BCUT2D eigenvalue weighted by molar-refractivity contribution is 7.92. The summed E-state index contributed by atoms with van der Waals surface area (Å²) in [5.41, 5.74) is 1.49. The van der Waals surface area contributed by atoms with E-state index in [9.17, 15) is 13.2 Å². The number of anilines is 1. The fourth-order valence-corrected chi connectivity index (χ4v) is 4.52. The molecule has 0 aromatic heterocycles. The van der Waals surface area contributed by atoms with E-state index in [1.807, 2.05) is 24.3 Å². The Morgan fingerprint density at radius 2 is 1.73 bits per heavy atom. The van der Waals surface area contributed by atoms with Crippen LogP contribution in [0.5, 0.6) is 11.5 Å². The molecule has 2 rings (SSSR count). The molecule has 7 nitrogen and oxygen atoms in total. The third-order valence-corrected chi connectivity index (χ3v) is 5.95. The molecular weight excluding hydrogens is 404 g/mol. The maximum absolute atomic E-state index is 12.8. The number of hydrogen-bond donors (Lipinski definition) is 1. The van der Waals surface area contributed by atoms with Crippen LogP contribution in [-0.4, -0.2) is 47.4 Å². The number of carbonyl (C=O) groups excluding carboxylic acids is 1. The molecule has 1 amide bonds. The number of sulfonamides is 1. The van der Waals surface area contributed by atoms with Gasteiger partial charge in [-0.3, -0.25) is 9.10 Å². The van der Waals surface area contributed by atoms with Gasteiger partial charge in [-0.15, -0.1) is 0 Å². The number of ether oxygens (including phenoxy) is 2. The lowest BCUT2D eigenvalue weighted by atomic mass is 10.1. The van der Waals surface area contributed by atoms with Gasteiger partial charge in [0.2, 0.25) is 15.9 Å². The zero-order valence-corrected chi connectivity index (χ0v) is 18.7. The number of amides is 1. The summed E-state index contributed by atoms with van der Waals surface area (Å²) in [5.74, 6) is 1.11. The Hall–Kier alpha value is -2.74. The van der Waals surface area contributed by atoms with Crippen LogP contribution in [0.15, 0.2) is 48.5 Å². The molecule has 0 unspecified atom stereocenters. The van der Waals surface area contributed by atoms with Crippen molar-refractivity contribution in [3.8, 4) is 11.5 Å². The summed E-state index contributed by atoms with van der Waals surface area (Å²) >= 11 is 0. The predicted molar refractivity (Wildman–Crippen MR) is 119 cm³/mol. The molecule has 0 aliphatic carbocycles. The minimum atomic E-state index is -3.66. The SMILES string of the molecule is CC[C@@H](C(=O)NCCCc1ccccc1OC)N(c1ccc(OC)cc1)S(C)(=O)=O. The molecule has 1 atom stereocenters. The van der Waals surface area contributed by atoms with Gasteiger partial charge < -0.3 is 14.8 Å². The number of rotatable bonds is 11. The number of para-hydroxylation sites is 1. The lowest BCUT2D eigenvalue weighted by Crippen LogP contribution is -2.49. The van der Waals surface area contributed by atoms with E-state index in [0.29, 0.717) is 30.8 Å². The van der Waals surface area contributed by atoms with Crippen molar-refractivity contribution < 1.29 is 22.7 Å². The van der Waals surface area contributed by atoms with Crippen LogP contribution in [0.2, 0.25) is 0 Å². The van der Waals surface area contributed by atoms with Gasteiger partial charge in [-0.1, -0.05) is 25.1 Å². The normalized spacial score (nSPS) is 12.1. The summed E-state index contributed by atoms with van der Waals surface area (Å²) < 4.78 is 36.6. The van der Waals surface area contributed by atoms with Crippen molar-refractivity contribution >= 4 is 21.6 Å². The number of benzene rings is 2. The minimum Gasteiger partial charge on any atom is -0.497 e. The van der Waals surface area contributed by atoms with Crippen molar-refractivity contribution in [1.29, 1.82) is 0 Å². The van der Waals surface area contributed by atoms with E-state index in [0.717, 1.165) is 24.0 Å². The molecule has 0 spiro atoms. The Morgan fingerprint density at radius 1 is 1.07 bits per heavy atom. The topological polar surface area (TPSA) is 84.9 Å². The zero-order valence-electron chi connectivity index (χ0n) is 17.9. The fourth-order valence-electron chi connectivity index (χ4n) is 3.31. The van der Waals surface area contributed by atoms with Gasteiger partial charge in [-0.05, 0) is 55.2 Å². The molecule has 0 bridgehead atoms. The third kappa shape index (κ3) is 6.13. The molecule has 0 saturated carbocycles. The first-order valence-electron chi connectivity index (χ1n) is 9.84. The smallest absolute Gasteiger partial charge is 0.243 e. The minimum absolute atomic E-state index is 0.321. The molecule has 2 aromatic rings.